The van der Waals surface area contributed by atoms with Crippen molar-refractivity contribution in [3.05, 3.63) is 48.2 Å². The van der Waals surface area contributed by atoms with Crippen LogP contribution in [0.15, 0.2) is 41.1 Å². The molecule has 0 fully saturated rings. The Morgan fingerprint density at radius 2 is 2.14 bits per heavy atom. The van der Waals surface area contributed by atoms with Crippen LogP contribution < -0.4 is 4.74 Å². The molecule has 0 amide bonds. The largest absolute Gasteiger partial charge is 0.470 e. The van der Waals surface area contributed by atoms with Gasteiger partial charge in [-0.25, -0.2) is 4.39 Å². The average Bonchev–Trinajstić information content (AvgIpc) is 3.05. The van der Waals surface area contributed by atoms with Gasteiger partial charge in [-0.2, -0.15) is 5.10 Å². The lowest BCUT2D eigenvalue weighted by Crippen LogP contribution is -2.00. The Bertz CT molecular complexity index is 731. The minimum absolute atomic E-state index is 0.0509. The molecule has 8 heteroatoms. The highest BCUT2D eigenvalue weighted by atomic mass is 19.1. The zero-order valence-electron chi connectivity index (χ0n) is 11.7. The Morgan fingerprint density at radius 1 is 1.23 bits per heavy atom. The molecule has 0 spiro atoms. The van der Waals surface area contributed by atoms with Crippen LogP contribution >= 0.6 is 0 Å². The topological polar surface area (TPSA) is 86.8 Å². The van der Waals surface area contributed by atoms with Crippen LogP contribution in [0.5, 0.6) is 5.88 Å². The number of aromatic nitrogens is 5. The molecule has 0 N–H and O–H groups in total. The first-order valence-corrected chi connectivity index (χ1v) is 6.55. The molecule has 7 nitrogen and oxygen atoms in total. The quantitative estimate of drug-likeness (QED) is 0.715. The highest BCUT2D eigenvalue weighted by Gasteiger charge is 2.14. The fourth-order valence-corrected chi connectivity index (χ4v) is 1.66. The molecule has 0 aromatic carbocycles. The molecule has 0 bridgehead atoms. The van der Waals surface area contributed by atoms with Crippen molar-refractivity contribution in [2.75, 3.05) is 0 Å². The van der Waals surface area contributed by atoms with Crippen LogP contribution in [0.3, 0.4) is 0 Å². The Hall–Kier alpha value is -2.90. The van der Waals surface area contributed by atoms with Gasteiger partial charge in [-0.15, -0.1) is 15.3 Å². The summed E-state index contributed by atoms with van der Waals surface area (Å²) in [6.45, 7) is 1.60. The van der Waals surface area contributed by atoms with E-state index >= 15 is 0 Å². The first-order valence-electron chi connectivity index (χ1n) is 6.55. The van der Waals surface area contributed by atoms with Crippen molar-refractivity contribution >= 4 is 0 Å². The second-order valence-corrected chi connectivity index (χ2v) is 4.45. The zero-order valence-corrected chi connectivity index (χ0v) is 11.7. The summed E-state index contributed by atoms with van der Waals surface area (Å²) in [5.41, 5.74) is 1.32. The van der Waals surface area contributed by atoms with E-state index in [9.17, 15) is 4.39 Å². The monoisotopic (exact) mass is 301 g/mol. The molecule has 3 rings (SSSR count). The number of halogens is 1. The molecule has 3 aromatic rings. The fourth-order valence-electron chi connectivity index (χ4n) is 1.66. The van der Waals surface area contributed by atoms with Crippen LogP contribution in [0.1, 0.15) is 24.7 Å². The lowest BCUT2D eigenvalue weighted by molar-refractivity contribution is 0.285. The maximum absolute atomic E-state index is 13.0. The fraction of sp³-hybridized carbons (Fsp3) is 0.214. The van der Waals surface area contributed by atoms with Crippen LogP contribution in [-0.2, 0) is 6.61 Å². The van der Waals surface area contributed by atoms with Gasteiger partial charge in [0.1, 0.15) is 6.61 Å². The van der Waals surface area contributed by atoms with E-state index < -0.39 is 6.17 Å². The van der Waals surface area contributed by atoms with Gasteiger partial charge in [-0.3, -0.25) is 4.98 Å². The predicted octanol–water partition coefficient (Wildman–Crippen LogP) is 2.53. The average molecular weight is 301 g/mol. The molecule has 0 saturated carbocycles. The lowest BCUT2D eigenvalue weighted by Gasteiger charge is -2.03. The third-order valence-corrected chi connectivity index (χ3v) is 2.77. The first kappa shape index (κ1) is 14.1. The summed E-state index contributed by atoms with van der Waals surface area (Å²) in [5.74, 6) is 0.602. The van der Waals surface area contributed by atoms with E-state index in [1.807, 2.05) is 0 Å². The third-order valence-electron chi connectivity index (χ3n) is 2.77. The second kappa shape index (κ2) is 6.25. The molecule has 0 radical (unpaired) electrons. The van der Waals surface area contributed by atoms with Crippen molar-refractivity contribution in [2.24, 2.45) is 0 Å². The number of hydrogen-bond donors (Lipinski definition) is 0. The van der Waals surface area contributed by atoms with Gasteiger partial charge in [0.25, 0.3) is 5.89 Å². The third kappa shape index (κ3) is 3.22. The van der Waals surface area contributed by atoms with E-state index in [1.165, 1.54) is 6.92 Å². The van der Waals surface area contributed by atoms with Crippen molar-refractivity contribution in [1.82, 2.24) is 25.4 Å². The Labute approximate surface area is 125 Å². The Kier molecular flexibility index (Phi) is 3.99. The minimum Gasteiger partial charge on any atom is -0.470 e. The molecule has 3 aromatic heterocycles. The number of nitrogens with zero attached hydrogens (tertiary/aromatic N) is 5. The molecule has 0 aliphatic carbocycles. The number of ether oxygens (including phenoxy) is 1. The van der Waals surface area contributed by atoms with Gasteiger partial charge in [0.15, 0.2) is 6.17 Å². The lowest BCUT2D eigenvalue weighted by atomic mass is 10.2. The van der Waals surface area contributed by atoms with E-state index in [0.717, 1.165) is 0 Å². The van der Waals surface area contributed by atoms with Crippen LogP contribution in [0.4, 0.5) is 4.39 Å². The maximum atomic E-state index is 13.0. The van der Waals surface area contributed by atoms with Gasteiger partial charge in [0.05, 0.1) is 11.3 Å². The van der Waals surface area contributed by atoms with Gasteiger partial charge in [-0.1, -0.05) is 0 Å². The summed E-state index contributed by atoms with van der Waals surface area (Å²) in [5, 5.41) is 14.9. The van der Waals surface area contributed by atoms with E-state index in [0.29, 0.717) is 17.1 Å². The van der Waals surface area contributed by atoms with E-state index in [4.69, 9.17) is 9.15 Å². The highest BCUT2D eigenvalue weighted by Crippen LogP contribution is 2.21. The van der Waals surface area contributed by atoms with Crippen molar-refractivity contribution in [2.45, 2.75) is 19.7 Å². The number of rotatable bonds is 5. The molecule has 0 aliphatic rings. The SMILES string of the molecule is CC(F)c1nnc(-c2ccc(COc3cccnn3)nc2)o1. The molecule has 1 atom stereocenters. The zero-order chi connectivity index (χ0) is 15.4. The summed E-state index contributed by atoms with van der Waals surface area (Å²) in [6.07, 6.45) is 1.83. The van der Waals surface area contributed by atoms with Crippen molar-refractivity contribution in [1.29, 1.82) is 0 Å². The summed E-state index contributed by atoms with van der Waals surface area (Å²) in [4.78, 5) is 4.23. The van der Waals surface area contributed by atoms with E-state index in [-0.39, 0.29) is 18.4 Å². The summed E-state index contributed by atoms with van der Waals surface area (Å²) in [6, 6.07) is 6.95. The molecular weight excluding hydrogens is 289 g/mol. The van der Waals surface area contributed by atoms with E-state index in [1.54, 1.807) is 36.7 Å². The van der Waals surface area contributed by atoms with Gasteiger partial charge in [0.2, 0.25) is 11.8 Å². The van der Waals surface area contributed by atoms with Crippen LogP contribution in [-0.4, -0.2) is 25.4 Å². The molecular formula is C14H12FN5O2. The van der Waals surface area contributed by atoms with Gasteiger partial charge in [-0.05, 0) is 25.1 Å². The number of alkyl halides is 1. The number of hydrogen-bond acceptors (Lipinski definition) is 7. The maximum Gasteiger partial charge on any atom is 0.250 e. The summed E-state index contributed by atoms with van der Waals surface area (Å²) >= 11 is 0. The molecule has 0 saturated heterocycles. The Balaban J connectivity index is 1.67. The van der Waals surface area contributed by atoms with Gasteiger partial charge in [0, 0.05) is 18.5 Å². The highest BCUT2D eigenvalue weighted by molar-refractivity contribution is 5.50. The molecule has 3 heterocycles. The number of pyridine rings is 1. The van der Waals surface area contributed by atoms with Crippen LogP contribution in [0, 0.1) is 0 Å². The molecule has 22 heavy (non-hydrogen) atoms. The first-order chi connectivity index (χ1) is 10.7. The summed E-state index contributed by atoms with van der Waals surface area (Å²) in [7, 11) is 0. The van der Waals surface area contributed by atoms with Gasteiger partial charge >= 0.3 is 0 Å². The molecule has 0 aliphatic heterocycles. The minimum atomic E-state index is -1.30. The van der Waals surface area contributed by atoms with Crippen molar-refractivity contribution < 1.29 is 13.5 Å². The van der Waals surface area contributed by atoms with Crippen molar-refractivity contribution in [3.8, 4) is 17.3 Å². The predicted molar refractivity (Wildman–Crippen MR) is 73.4 cm³/mol. The van der Waals surface area contributed by atoms with Gasteiger partial charge < -0.3 is 9.15 Å². The normalized spacial score (nSPS) is 12.1. The standard InChI is InChI=1S/C14H12FN5O2/c1-9(15)13-19-20-14(22-13)10-4-5-11(16-7-10)8-21-12-3-2-6-17-18-12/h2-7,9H,8H2,1H3. The van der Waals surface area contributed by atoms with Crippen LogP contribution in [0.2, 0.25) is 0 Å². The summed E-state index contributed by atoms with van der Waals surface area (Å²) < 4.78 is 23.7. The Morgan fingerprint density at radius 3 is 2.77 bits per heavy atom. The van der Waals surface area contributed by atoms with Crippen LogP contribution in [0.25, 0.3) is 11.5 Å². The molecule has 112 valence electrons. The molecule has 1 unspecified atom stereocenters. The second-order valence-electron chi connectivity index (χ2n) is 4.45. The smallest absolute Gasteiger partial charge is 0.250 e. The van der Waals surface area contributed by atoms with E-state index in [2.05, 4.69) is 25.4 Å². The van der Waals surface area contributed by atoms with Crippen molar-refractivity contribution in [3.63, 3.8) is 0 Å².